The van der Waals surface area contributed by atoms with Crippen molar-refractivity contribution < 1.29 is 4.79 Å². The Labute approximate surface area is 143 Å². The molecule has 0 saturated carbocycles. The van der Waals surface area contributed by atoms with Gasteiger partial charge in [-0.15, -0.1) is 22.7 Å². The van der Waals surface area contributed by atoms with Crippen LogP contribution in [0, 0.1) is 6.92 Å². The zero-order valence-corrected chi connectivity index (χ0v) is 14.6. The number of para-hydroxylation sites is 1. The highest BCUT2D eigenvalue weighted by atomic mass is 32.1. The minimum atomic E-state index is 0.154. The molecule has 1 aliphatic heterocycles. The number of aryl methyl sites for hydroxylation is 1. The summed E-state index contributed by atoms with van der Waals surface area (Å²) in [5.74, 6) is 0.230. The van der Waals surface area contributed by atoms with E-state index in [9.17, 15) is 4.79 Å². The van der Waals surface area contributed by atoms with E-state index in [2.05, 4.69) is 25.1 Å². The zero-order chi connectivity index (χ0) is 15.8. The number of amides is 1. The number of hydrogen-bond donors (Lipinski definition) is 0. The van der Waals surface area contributed by atoms with Crippen LogP contribution in [0.4, 0.5) is 0 Å². The molecule has 5 heteroatoms. The first kappa shape index (κ1) is 14.8. The van der Waals surface area contributed by atoms with Crippen LogP contribution in [0.5, 0.6) is 0 Å². The number of hydrogen-bond acceptors (Lipinski definition) is 4. The Morgan fingerprint density at radius 1 is 1.26 bits per heavy atom. The first-order valence-electron chi connectivity index (χ1n) is 7.91. The van der Waals surface area contributed by atoms with Crippen LogP contribution >= 0.6 is 22.7 Å². The second-order valence-electron chi connectivity index (χ2n) is 5.95. The highest BCUT2D eigenvalue weighted by Crippen LogP contribution is 2.36. The normalized spacial score (nSPS) is 18.0. The number of carbonyl (C=O) groups excluding carboxylic acids is 1. The number of thiophene rings is 1. The fourth-order valence-corrected chi connectivity index (χ4v) is 5.18. The van der Waals surface area contributed by atoms with Gasteiger partial charge in [0.1, 0.15) is 5.01 Å². The minimum Gasteiger partial charge on any atom is -0.333 e. The van der Waals surface area contributed by atoms with Gasteiger partial charge in [-0.3, -0.25) is 4.79 Å². The van der Waals surface area contributed by atoms with E-state index in [1.54, 1.807) is 22.7 Å². The molecule has 0 radical (unpaired) electrons. The Hall–Kier alpha value is -1.72. The smallest absolute Gasteiger partial charge is 0.228 e. The molecule has 1 unspecified atom stereocenters. The maximum absolute atomic E-state index is 12.7. The van der Waals surface area contributed by atoms with E-state index in [-0.39, 0.29) is 11.9 Å². The van der Waals surface area contributed by atoms with E-state index in [0.717, 1.165) is 34.8 Å². The molecule has 1 atom stereocenters. The van der Waals surface area contributed by atoms with E-state index >= 15 is 0 Å². The molecule has 1 aliphatic rings. The summed E-state index contributed by atoms with van der Waals surface area (Å²) in [5, 5.41) is 1.08. The largest absolute Gasteiger partial charge is 0.333 e. The summed E-state index contributed by atoms with van der Waals surface area (Å²) >= 11 is 3.44. The summed E-state index contributed by atoms with van der Waals surface area (Å²) in [6.07, 6.45) is 2.60. The van der Waals surface area contributed by atoms with Crippen LogP contribution in [0.25, 0.3) is 10.2 Å². The first-order chi connectivity index (χ1) is 11.2. The Balaban J connectivity index is 1.57. The minimum absolute atomic E-state index is 0.154. The molecule has 3 heterocycles. The molecule has 4 rings (SSSR count). The van der Waals surface area contributed by atoms with Gasteiger partial charge >= 0.3 is 0 Å². The summed E-state index contributed by atoms with van der Waals surface area (Å²) < 4.78 is 1.20. The Morgan fingerprint density at radius 3 is 2.91 bits per heavy atom. The predicted octanol–water partition coefficient (Wildman–Crippen LogP) is 4.57. The number of carbonyl (C=O) groups is 1. The van der Waals surface area contributed by atoms with E-state index in [1.807, 2.05) is 23.1 Å². The third-order valence-corrected chi connectivity index (χ3v) is 6.43. The van der Waals surface area contributed by atoms with Crippen molar-refractivity contribution in [2.45, 2.75) is 32.2 Å². The first-order valence-corrected chi connectivity index (χ1v) is 9.54. The summed E-state index contributed by atoms with van der Waals surface area (Å²) in [7, 11) is 0. The average molecular weight is 342 g/mol. The Morgan fingerprint density at radius 2 is 2.13 bits per heavy atom. The maximum atomic E-state index is 12.7. The van der Waals surface area contributed by atoms with Gasteiger partial charge in [0.05, 0.1) is 22.7 Å². The number of likely N-dealkylation sites (tertiary alicyclic amines) is 1. The zero-order valence-electron chi connectivity index (χ0n) is 13.0. The van der Waals surface area contributed by atoms with E-state index in [1.165, 1.54) is 9.58 Å². The van der Waals surface area contributed by atoms with Crippen LogP contribution < -0.4 is 0 Å². The quantitative estimate of drug-likeness (QED) is 0.698. The number of nitrogens with zero attached hydrogens (tertiary/aromatic N) is 2. The Kier molecular flexibility index (Phi) is 3.91. The second kappa shape index (κ2) is 6.06. The van der Waals surface area contributed by atoms with Crippen LogP contribution in [-0.2, 0) is 11.2 Å². The van der Waals surface area contributed by atoms with E-state index in [0.29, 0.717) is 6.42 Å². The van der Waals surface area contributed by atoms with Crippen molar-refractivity contribution in [1.29, 1.82) is 0 Å². The number of benzene rings is 1. The van der Waals surface area contributed by atoms with Gasteiger partial charge in [-0.05, 0) is 44.0 Å². The molecule has 0 spiro atoms. The fourth-order valence-electron chi connectivity index (χ4n) is 3.19. The third kappa shape index (κ3) is 2.91. The van der Waals surface area contributed by atoms with Crippen molar-refractivity contribution in [3.05, 3.63) is 51.2 Å². The van der Waals surface area contributed by atoms with Crippen LogP contribution in [0.3, 0.4) is 0 Å². The fraction of sp³-hybridized carbons (Fsp3) is 0.333. The number of aromatic nitrogens is 1. The topological polar surface area (TPSA) is 33.2 Å². The monoisotopic (exact) mass is 342 g/mol. The van der Waals surface area contributed by atoms with Gasteiger partial charge in [-0.2, -0.15) is 0 Å². The number of rotatable bonds is 3. The molecule has 1 aromatic carbocycles. The number of fused-ring (bicyclic) bond motifs is 1. The molecule has 0 aliphatic carbocycles. The van der Waals surface area contributed by atoms with Gasteiger partial charge in [-0.25, -0.2) is 4.98 Å². The van der Waals surface area contributed by atoms with Gasteiger partial charge in [0.25, 0.3) is 0 Å². The molecule has 0 bridgehead atoms. The standard InChI is InChI=1S/C18H18N2OS2/c1-12-8-9-13(22-12)11-17(21)20-10-4-6-15(20)18-19-14-5-2-3-7-16(14)23-18/h2-3,5,7-9,15H,4,6,10-11H2,1H3. The highest BCUT2D eigenvalue weighted by molar-refractivity contribution is 7.18. The molecule has 0 N–H and O–H groups in total. The van der Waals surface area contributed by atoms with Crippen LogP contribution in [0.1, 0.15) is 33.6 Å². The lowest BCUT2D eigenvalue weighted by Gasteiger charge is -2.22. The van der Waals surface area contributed by atoms with Crippen molar-refractivity contribution >= 4 is 38.8 Å². The lowest BCUT2D eigenvalue weighted by Crippen LogP contribution is -2.31. The molecule has 23 heavy (non-hydrogen) atoms. The molecular formula is C18H18N2OS2. The van der Waals surface area contributed by atoms with Crippen molar-refractivity contribution in [3.8, 4) is 0 Å². The van der Waals surface area contributed by atoms with Crippen LogP contribution in [0.2, 0.25) is 0 Å². The maximum Gasteiger partial charge on any atom is 0.228 e. The third-order valence-electron chi connectivity index (χ3n) is 4.29. The number of thiazole rings is 1. The molecular weight excluding hydrogens is 324 g/mol. The SMILES string of the molecule is Cc1ccc(CC(=O)N2CCCC2c2nc3ccccc3s2)s1. The van der Waals surface area contributed by atoms with E-state index < -0.39 is 0 Å². The van der Waals surface area contributed by atoms with Gasteiger partial charge in [0.15, 0.2) is 0 Å². The van der Waals surface area contributed by atoms with Crippen LogP contribution in [-0.4, -0.2) is 22.3 Å². The molecule has 3 aromatic rings. The second-order valence-corrected chi connectivity index (χ2v) is 8.39. The van der Waals surface area contributed by atoms with Crippen molar-refractivity contribution in [1.82, 2.24) is 9.88 Å². The van der Waals surface area contributed by atoms with Crippen molar-refractivity contribution in [2.75, 3.05) is 6.54 Å². The summed E-state index contributed by atoms with van der Waals surface area (Å²) in [6, 6.07) is 12.5. The van der Waals surface area contributed by atoms with Crippen LogP contribution in [0.15, 0.2) is 36.4 Å². The summed E-state index contributed by atoms with van der Waals surface area (Å²) in [5.41, 5.74) is 1.04. The molecule has 1 amide bonds. The highest BCUT2D eigenvalue weighted by Gasteiger charge is 2.32. The average Bonchev–Trinajstić information content (AvgIpc) is 3.24. The predicted molar refractivity (Wildman–Crippen MR) is 96.1 cm³/mol. The van der Waals surface area contributed by atoms with Gasteiger partial charge < -0.3 is 4.90 Å². The molecule has 118 valence electrons. The summed E-state index contributed by atoms with van der Waals surface area (Å²) in [6.45, 7) is 2.93. The molecule has 1 saturated heterocycles. The van der Waals surface area contributed by atoms with Crippen molar-refractivity contribution in [2.24, 2.45) is 0 Å². The Bertz CT molecular complexity index is 818. The van der Waals surface area contributed by atoms with Crippen molar-refractivity contribution in [3.63, 3.8) is 0 Å². The van der Waals surface area contributed by atoms with Gasteiger partial charge in [0, 0.05) is 16.3 Å². The van der Waals surface area contributed by atoms with E-state index in [4.69, 9.17) is 4.98 Å². The molecule has 3 nitrogen and oxygen atoms in total. The van der Waals surface area contributed by atoms with Gasteiger partial charge in [0.2, 0.25) is 5.91 Å². The summed E-state index contributed by atoms with van der Waals surface area (Å²) in [4.78, 5) is 21.9. The lowest BCUT2D eigenvalue weighted by atomic mass is 10.2. The lowest BCUT2D eigenvalue weighted by molar-refractivity contribution is -0.131. The van der Waals surface area contributed by atoms with Gasteiger partial charge in [-0.1, -0.05) is 12.1 Å². The molecule has 1 fully saturated rings. The molecule has 2 aromatic heterocycles.